The van der Waals surface area contributed by atoms with Crippen molar-refractivity contribution in [3.63, 3.8) is 0 Å². The summed E-state index contributed by atoms with van der Waals surface area (Å²) in [4.78, 5) is 33.5. The van der Waals surface area contributed by atoms with Crippen molar-refractivity contribution in [2.45, 2.75) is 12.8 Å². The van der Waals surface area contributed by atoms with Crippen LogP contribution in [0.2, 0.25) is 0 Å². The van der Waals surface area contributed by atoms with Crippen molar-refractivity contribution in [3.8, 4) is 0 Å². The van der Waals surface area contributed by atoms with Gasteiger partial charge in [-0.1, -0.05) is 24.3 Å². The lowest BCUT2D eigenvalue weighted by molar-refractivity contribution is 0.0909. The van der Waals surface area contributed by atoms with Gasteiger partial charge in [-0.05, 0) is 24.3 Å². The van der Waals surface area contributed by atoms with Gasteiger partial charge in [0, 0.05) is 29.4 Å². The molecule has 0 aliphatic rings. The number of fused-ring (bicyclic) bond motifs is 2. The molecular formula is C21H22N6O2S2. The SMILES string of the molecule is Nc1nc2ccccc2n1C(=O)CCSCSCCC(=O)n1c(N)nc2ccccc21. The van der Waals surface area contributed by atoms with E-state index in [4.69, 9.17) is 11.5 Å². The average molecular weight is 455 g/mol. The van der Waals surface area contributed by atoms with E-state index < -0.39 is 0 Å². The Morgan fingerprint density at radius 2 is 1.16 bits per heavy atom. The Balaban J connectivity index is 1.20. The molecule has 8 nitrogen and oxygen atoms in total. The van der Waals surface area contributed by atoms with Gasteiger partial charge in [0.2, 0.25) is 23.7 Å². The maximum atomic E-state index is 12.5. The molecule has 10 heteroatoms. The van der Waals surface area contributed by atoms with Crippen molar-refractivity contribution in [1.82, 2.24) is 19.1 Å². The molecule has 0 aliphatic carbocycles. The third-order valence-electron chi connectivity index (χ3n) is 4.76. The van der Waals surface area contributed by atoms with Crippen LogP contribution in [0.1, 0.15) is 22.4 Å². The zero-order valence-corrected chi connectivity index (χ0v) is 18.4. The van der Waals surface area contributed by atoms with Crippen LogP contribution in [-0.2, 0) is 0 Å². The van der Waals surface area contributed by atoms with Crippen LogP contribution in [0, 0.1) is 0 Å². The summed E-state index contributed by atoms with van der Waals surface area (Å²) >= 11 is 3.31. The molecule has 4 aromatic rings. The minimum atomic E-state index is -0.0682. The van der Waals surface area contributed by atoms with Crippen LogP contribution in [0.5, 0.6) is 0 Å². The van der Waals surface area contributed by atoms with Crippen molar-refractivity contribution in [3.05, 3.63) is 48.5 Å². The molecular weight excluding hydrogens is 432 g/mol. The number of aromatic nitrogens is 4. The van der Waals surface area contributed by atoms with Gasteiger partial charge in [-0.2, -0.15) is 23.5 Å². The van der Waals surface area contributed by atoms with Gasteiger partial charge in [0.1, 0.15) is 0 Å². The van der Waals surface area contributed by atoms with Crippen molar-refractivity contribution < 1.29 is 9.59 Å². The lowest BCUT2D eigenvalue weighted by atomic mass is 10.3. The second kappa shape index (κ2) is 9.44. The molecule has 0 bridgehead atoms. The molecule has 2 heterocycles. The predicted octanol–water partition coefficient (Wildman–Crippen LogP) is 3.74. The minimum Gasteiger partial charge on any atom is -0.369 e. The van der Waals surface area contributed by atoms with E-state index in [2.05, 4.69) is 9.97 Å². The van der Waals surface area contributed by atoms with Crippen LogP contribution < -0.4 is 11.5 Å². The number of nitrogens with two attached hydrogens (primary N) is 2. The van der Waals surface area contributed by atoms with E-state index in [9.17, 15) is 9.59 Å². The molecule has 0 radical (unpaired) electrons. The maximum absolute atomic E-state index is 12.5. The van der Waals surface area contributed by atoms with Crippen molar-refractivity contribution in [2.24, 2.45) is 0 Å². The quantitative estimate of drug-likeness (QED) is 0.305. The van der Waals surface area contributed by atoms with Crippen LogP contribution in [0.25, 0.3) is 22.1 Å². The predicted molar refractivity (Wildman–Crippen MR) is 129 cm³/mol. The molecule has 0 unspecified atom stereocenters. The largest absolute Gasteiger partial charge is 0.369 e. The Kier molecular flexibility index (Phi) is 6.47. The highest BCUT2D eigenvalue weighted by atomic mass is 32.2. The Labute approximate surface area is 187 Å². The van der Waals surface area contributed by atoms with E-state index in [1.807, 2.05) is 48.5 Å². The second-order valence-electron chi connectivity index (χ2n) is 6.81. The summed E-state index contributed by atoms with van der Waals surface area (Å²) in [5.74, 6) is 1.64. The third kappa shape index (κ3) is 4.54. The molecule has 0 aliphatic heterocycles. The van der Waals surface area contributed by atoms with E-state index in [-0.39, 0.29) is 23.7 Å². The topological polar surface area (TPSA) is 122 Å². The van der Waals surface area contributed by atoms with Gasteiger partial charge in [-0.25, -0.2) is 19.1 Å². The molecule has 2 aromatic heterocycles. The first-order chi connectivity index (χ1) is 15.1. The number of carbonyl (C=O) groups is 2. The summed E-state index contributed by atoms with van der Waals surface area (Å²) in [6.45, 7) is 0. The van der Waals surface area contributed by atoms with Crippen LogP contribution in [0.3, 0.4) is 0 Å². The van der Waals surface area contributed by atoms with Gasteiger partial charge in [0.25, 0.3) is 0 Å². The number of carbonyl (C=O) groups excluding carboxylic acids is 2. The highest BCUT2D eigenvalue weighted by Gasteiger charge is 2.15. The van der Waals surface area contributed by atoms with Crippen molar-refractivity contribution in [1.29, 1.82) is 0 Å². The highest BCUT2D eigenvalue weighted by molar-refractivity contribution is 8.15. The molecule has 0 spiro atoms. The number of hydrogen-bond donors (Lipinski definition) is 2. The number of nitrogen functional groups attached to an aromatic ring is 2. The Morgan fingerprint density at radius 3 is 1.61 bits per heavy atom. The summed E-state index contributed by atoms with van der Waals surface area (Å²) in [6, 6.07) is 14.8. The van der Waals surface area contributed by atoms with Crippen LogP contribution >= 0.6 is 23.5 Å². The Morgan fingerprint density at radius 1 is 0.742 bits per heavy atom. The number of thioether (sulfide) groups is 2. The van der Waals surface area contributed by atoms with Gasteiger partial charge in [-0.15, -0.1) is 0 Å². The Bertz CT molecular complexity index is 1150. The standard InChI is InChI=1S/C21H22N6O2S2/c22-20-24-14-5-1-3-7-16(14)26(20)18(28)9-11-30-13-31-12-10-19(29)27-17-8-4-2-6-15(17)25-21(27)23/h1-8H,9-13H2,(H2,22,24)(H2,23,25). The van der Waals surface area contributed by atoms with E-state index >= 15 is 0 Å². The number of hydrogen-bond acceptors (Lipinski definition) is 8. The zero-order valence-electron chi connectivity index (χ0n) is 16.7. The van der Waals surface area contributed by atoms with Crippen LogP contribution in [0.15, 0.2) is 48.5 Å². The number of rotatable bonds is 8. The number of para-hydroxylation sites is 4. The summed E-state index contributed by atoms with van der Waals surface area (Å²) < 4.78 is 2.95. The van der Waals surface area contributed by atoms with Gasteiger partial charge >= 0.3 is 0 Å². The molecule has 0 saturated heterocycles. The summed E-state index contributed by atoms with van der Waals surface area (Å²) in [5, 5.41) is 0.793. The fraction of sp³-hybridized carbons (Fsp3) is 0.238. The first kappa shape index (κ1) is 21.3. The van der Waals surface area contributed by atoms with Gasteiger partial charge in [-0.3, -0.25) is 9.59 Å². The second-order valence-corrected chi connectivity index (χ2v) is 9.39. The number of imidazole rings is 2. The normalized spacial score (nSPS) is 11.4. The van der Waals surface area contributed by atoms with Gasteiger partial charge in [0.05, 0.1) is 22.1 Å². The molecule has 0 amide bonds. The minimum absolute atomic E-state index is 0.0682. The fourth-order valence-electron chi connectivity index (χ4n) is 3.33. The third-order valence-corrected chi connectivity index (χ3v) is 7.08. The molecule has 4 rings (SSSR count). The summed E-state index contributed by atoms with van der Waals surface area (Å²) in [6.07, 6.45) is 0.735. The molecule has 0 fully saturated rings. The zero-order chi connectivity index (χ0) is 21.8. The van der Waals surface area contributed by atoms with Gasteiger partial charge in [0.15, 0.2) is 0 Å². The van der Waals surface area contributed by atoms with Crippen molar-refractivity contribution in [2.75, 3.05) is 28.1 Å². The van der Waals surface area contributed by atoms with E-state index in [0.29, 0.717) is 35.4 Å². The lowest BCUT2D eigenvalue weighted by Gasteiger charge is -2.06. The fourth-order valence-corrected chi connectivity index (χ4v) is 5.38. The molecule has 31 heavy (non-hydrogen) atoms. The molecule has 0 saturated carbocycles. The van der Waals surface area contributed by atoms with Gasteiger partial charge < -0.3 is 11.5 Å². The van der Waals surface area contributed by atoms with Crippen molar-refractivity contribution >= 4 is 69.3 Å². The highest BCUT2D eigenvalue weighted by Crippen LogP contribution is 2.21. The lowest BCUT2D eigenvalue weighted by Crippen LogP contribution is -2.14. The average Bonchev–Trinajstić information content (AvgIpc) is 3.27. The number of nitrogens with zero attached hydrogens (tertiary/aromatic N) is 4. The molecule has 4 N–H and O–H groups in total. The number of anilines is 2. The van der Waals surface area contributed by atoms with E-state index in [1.165, 1.54) is 9.13 Å². The molecule has 160 valence electrons. The first-order valence-corrected chi connectivity index (χ1v) is 12.0. The molecule has 2 aromatic carbocycles. The van der Waals surface area contributed by atoms with Crippen LogP contribution in [0.4, 0.5) is 11.9 Å². The van der Waals surface area contributed by atoms with Crippen LogP contribution in [-0.4, -0.2) is 47.5 Å². The first-order valence-electron chi connectivity index (χ1n) is 9.74. The maximum Gasteiger partial charge on any atom is 0.234 e. The molecule has 0 atom stereocenters. The monoisotopic (exact) mass is 454 g/mol. The number of benzene rings is 2. The Hall–Kier alpha value is -2.98. The smallest absolute Gasteiger partial charge is 0.234 e. The summed E-state index contributed by atoms with van der Waals surface area (Å²) in [7, 11) is 0. The van der Waals surface area contributed by atoms with E-state index in [1.54, 1.807) is 23.5 Å². The summed E-state index contributed by atoms with van der Waals surface area (Å²) in [5.41, 5.74) is 14.7. The van der Waals surface area contributed by atoms with E-state index in [0.717, 1.165) is 16.1 Å².